The van der Waals surface area contributed by atoms with Crippen molar-refractivity contribution in [2.45, 2.75) is 50.9 Å². The minimum atomic E-state index is -0.197. The lowest BCUT2D eigenvalue weighted by Crippen LogP contribution is -2.35. The highest BCUT2D eigenvalue weighted by Crippen LogP contribution is 2.41. The summed E-state index contributed by atoms with van der Waals surface area (Å²) in [4.78, 5) is 4.60. The summed E-state index contributed by atoms with van der Waals surface area (Å²) in [7, 11) is 6.84. The lowest BCUT2D eigenvalue weighted by Gasteiger charge is -2.34. The molecule has 28 heavy (non-hydrogen) atoms. The maximum Gasteiger partial charge on any atom is 0.227 e. The summed E-state index contributed by atoms with van der Waals surface area (Å²) in [6, 6.07) is 13.1. The van der Waals surface area contributed by atoms with Gasteiger partial charge >= 0.3 is 0 Å². The first-order valence-electron chi connectivity index (χ1n) is 10.3. The highest BCUT2D eigenvalue weighted by molar-refractivity contribution is 6.16. The zero-order valence-corrected chi connectivity index (χ0v) is 16.2. The molecule has 4 heteroatoms. The Morgan fingerprint density at radius 3 is 2.71 bits per heavy atom. The highest BCUT2D eigenvalue weighted by atomic mass is 16.3. The number of fused-ring (bicyclic) bond motifs is 7. The maximum atomic E-state index is 6.84. The van der Waals surface area contributed by atoms with Crippen LogP contribution in [0.1, 0.15) is 48.9 Å². The third kappa shape index (κ3) is 2.24. The second kappa shape index (κ2) is 5.70. The summed E-state index contributed by atoms with van der Waals surface area (Å²) in [6.45, 7) is 2.88. The van der Waals surface area contributed by atoms with Crippen molar-refractivity contribution in [3.63, 3.8) is 0 Å². The minimum absolute atomic E-state index is 0.197. The van der Waals surface area contributed by atoms with Gasteiger partial charge in [0.1, 0.15) is 0 Å². The molecule has 1 saturated carbocycles. The monoisotopic (exact) mass is 365 g/mol. The molecule has 2 radical (unpaired) electrons. The Hall–Kier alpha value is -2.62. The van der Waals surface area contributed by atoms with E-state index in [0.717, 1.165) is 47.1 Å². The van der Waals surface area contributed by atoms with E-state index in [1.165, 1.54) is 41.6 Å². The van der Waals surface area contributed by atoms with Crippen LogP contribution in [-0.2, 0) is 11.9 Å². The average Bonchev–Trinajstić information content (AvgIpc) is 3.25. The van der Waals surface area contributed by atoms with Crippen LogP contribution in [0.25, 0.3) is 33.3 Å². The summed E-state index contributed by atoms with van der Waals surface area (Å²) < 4.78 is 8.60. The largest absolute Gasteiger partial charge is 0.437 e. The fraction of sp³-hybridized carbons (Fsp3) is 0.333. The smallest absolute Gasteiger partial charge is 0.227 e. The third-order valence-electron chi connectivity index (χ3n) is 6.69. The van der Waals surface area contributed by atoms with Gasteiger partial charge < -0.3 is 4.42 Å². The Bertz CT molecular complexity index is 1250. The van der Waals surface area contributed by atoms with E-state index in [4.69, 9.17) is 12.3 Å². The predicted octanol–water partition coefficient (Wildman–Crippen LogP) is 4.93. The number of hydrogen-bond acceptors (Lipinski definition) is 2. The second-order valence-electron chi connectivity index (χ2n) is 8.53. The van der Waals surface area contributed by atoms with Crippen molar-refractivity contribution in [1.82, 2.24) is 4.98 Å². The minimum Gasteiger partial charge on any atom is -0.437 e. The molecule has 1 aliphatic heterocycles. The van der Waals surface area contributed by atoms with Crippen LogP contribution in [0.2, 0.25) is 0 Å². The number of aromatic nitrogens is 2. The normalized spacial score (nSPS) is 17.8. The van der Waals surface area contributed by atoms with E-state index in [1.54, 1.807) is 0 Å². The Balaban J connectivity index is 1.59. The van der Waals surface area contributed by atoms with Gasteiger partial charge in [-0.3, -0.25) is 0 Å². The standard InChI is InChI=1S/C24H22BN2O/c1-15-5-7-19-18-8-6-16-14-27-12-9-17(24(25)10-3-2-4-11-24)13-20(27)21(16)22(18)28-23(19)26-15/h5-9,12-13H,2-4,10-11,14H2,1H3/q+1. The highest BCUT2D eigenvalue weighted by Gasteiger charge is 2.34. The maximum absolute atomic E-state index is 6.84. The molecule has 0 amide bonds. The van der Waals surface area contributed by atoms with Crippen molar-refractivity contribution in [3.8, 4) is 11.3 Å². The molecular formula is C24H22BN2O+. The van der Waals surface area contributed by atoms with Crippen molar-refractivity contribution < 1.29 is 8.98 Å². The molecule has 136 valence electrons. The van der Waals surface area contributed by atoms with Gasteiger partial charge in [0.05, 0.1) is 13.4 Å². The van der Waals surface area contributed by atoms with Gasteiger partial charge in [-0.1, -0.05) is 38.2 Å². The molecule has 3 aromatic heterocycles. The quantitative estimate of drug-likeness (QED) is 0.311. The van der Waals surface area contributed by atoms with Crippen molar-refractivity contribution in [3.05, 3.63) is 59.4 Å². The van der Waals surface area contributed by atoms with Crippen LogP contribution in [0.4, 0.5) is 0 Å². The third-order valence-corrected chi connectivity index (χ3v) is 6.69. The molecule has 2 aliphatic rings. The first kappa shape index (κ1) is 16.3. The lowest BCUT2D eigenvalue weighted by molar-refractivity contribution is -0.672. The van der Waals surface area contributed by atoms with Crippen LogP contribution in [0, 0.1) is 6.92 Å². The van der Waals surface area contributed by atoms with Gasteiger partial charge in [-0.05, 0) is 36.0 Å². The van der Waals surface area contributed by atoms with Crippen molar-refractivity contribution in [2.24, 2.45) is 0 Å². The first-order valence-corrected chi connectivity index (χ1v) is 10.3. The van der Waals surface area contributed by atoms with E-state index in [9.17, 15) is 0 Å². The molecule has 4 heterocycles. The average molecular weight is 365 g/mol. The molecule has 4 aromatic rings. The van der Waals surface area contributed by atoms with Gasteiger partial charge in [0.15, 0.2) is 18.3 Å². The van der Waals surface area contributed by atoms with E-state index in [0.29, 0.717) is 0 Å². The molecule has 6 rings (SSSR count). The summed E-state index contributed by atoms with van der Waals surface area (Å²) in [5.74, 6) is 0. The SMILES string of the molecule is [B]C1(c2cc[n+]3c(c2)-c2c(ccc4c2oc2nc(C)ccc24)C3)CCCCC1. The molecule has 0 atom stereocenters. The van der Waals surface area contributed by atoms with Crippen molar-refractivity contribution in [2.75, 3.05) is 0 Å². The number of rotatable bonds is 1. The summed E-state index contributed by atoms with van der Waals surface area (Å²) in [6.07, 6.45) is 8.08. The number of nitrogens with zero attached hydrogens (tertiary/aromatic N) is 2. The van der Waals surface area contributed by atoms with Gasteiger partial charge in [-0.15, -0.1) is 0 Å². The zero-order valence-electron chi connectivity index (χ0n) is 16.2. The van der Waals surface area contributed by atoms with Gasteiger partial charge in [0.25, 0.3) is 0 Å². The fourth-order valence-electron chi connectivity index (χ4n) is 5.11. The number of hydrogen-bond donors (Lipinski definition) is 0. The van der Waals surface area contributed by atoms with E-state index in [2.05, 4.69) is 46.1 Å². The molecular weight excluding hydrogens is 343 g/mol. The van der Waals surface area contributed by atoms with Gasteiger partial charge in [-0.25, -0.2) is 4.98 Å². The van der Waals surface area contributed by atoms with Gasteiger partial charge in [-0.2, -0.15) is 4.57 Å². The molecule has 0 unspecified atom stereocenters. The van der Waals surface area contributed by atoms with Crippen LogP contribution >= 0.6 is 0 Å². The Labute approximate surface area is 165 Å². The van der Waals surface area contributed by atoms with Crippen LogP contribution in [0.5, 0.6) is 0 Å². The Kier molecular flexibility index (Phi) is 3.33. The molecule has 1 fully saturated rings. The van der Waals surface area contributed by atoms with Crippen molar-refractivity contribution in [1.29, 1.82) is 0 Å². The molecule has 0 saturated heterocycles. The fourth-order valence-corrected chi connectivity index (χ4v) is 5.11. The van der Waals surface area contributed by atoms with E-state index in [-0.39, 0.29) is 5.31 Å². The molecule has 0 spiro atoms. The number of furan rings is 1. The molecule has 0 bridgehead atoms. The predicted molar refractivity (Wildman–Crippen MR) is 112 cm³/mol. The second-order valence-corrected chi connectivity index (χ2v) is 8.53. The molecule has 1 aromatic carbocycles. The van der Waals surface area contributed by atoms with Crippen LogP contribution in [-0.4, -0.2) is 12.8 Å². The van der Waals surface area contributed by atoms with Crippen molar-refractivity contribution >= 4 is 29.9 Å². The zero-order chi connectivity index (χ0) is 18.9. The number of aryl methyl sites for hydroxylation is 1. The molecule has 1 aliphatic carbocycles. The van der Waals surface area contributed by atoms with Crippen LogP contribution < -0.4 is 4.57 Å². The number of pyridine rings is 2. The summed E-state index contributed by atoms with van der Waals surface area (Å²) in [5, 5.41) is 2.03. The topological polar surface area (TPSA) is 29.9 Å². The van der Waals surface area contributed by atoms with E-state index >= 15 is 0 Å². The van der Waals surface area contributed by atoms with E-state index in [1.807, 2.05) is 13.0 Å². The Morgan fingerprint density at radius 1 is 1.04 bits per heavy atom. The first-order chi connectivity index (χ1) is 13.6. The molecule has 3 nitrogen and oxygen atoms in total. The van der Waals surface area contributed by atoms with Gasteiger partial charge in [0.2, 0.25) is 11.4 Å². The van der Waals surface area contributed by atoms with Crippen LogP contribution in [0.15, 0.2) is 47.0 Å². The molecule has 0 N–H and O–H groups in total. The lowest BCUT2D eigenvalue weighted by atomic mass is 9.57. The van der Waals surface area contributed by atoms with Gasteiger partial charge in [0, 0.05) is 34.2 Å². The van der Waals surface area contributed by atoms with Crippen LogP contribution in [0.3, 0.4) is 0 Å². The van der Waals surface area contributed by atoms with E-state index < -0.39 is 0 Å². The number of benzene rings is 1. The summed E-state index contributed by atoms with van der Waals surface area (Å²) in [5.41, 5.74) is 7.62. The summed E-state index contributed by atoms with van der Waals surface area (Å²) >= 11 is 0. The Morgan fingerprint density at radius 2 is 1.86 bits per heavy atom.